The maximum Gasteiger partial charge on any atom is 0.265 e. The number of anilines is 1. The van der Waals surface area contributed by atoms with Crippen molar-refractivity contribution in [3.8, 4) is 0 Å². The summed E-state index contributed by atoms with van der Waals surface area (Å²) in [6.45, 7) is 4.70. The molecule has 1 aromatic carbocycles. The van der Waals surface area contributed by atoms with Gasteiger partial charge in [0, 0.05) is 37.6 Å². The zero-order valence-electron chi connectivity index (χ0n) is 20.6. The summed E-state index contributed by atoms with van der Waals surface area (Å²) in [5, 5.41) is 0.314. The van der Waals surface area contributed by atoms with Crippen molar-refractivity contribution in [2.75, 3.05) is 25.0 Å². The van der Waals surface area contributed by atoms with Gasteiger partial charge in [-0.3, -0.25) is 19.4 Å². The lowest BCUT2D eigenvalue weighted by Crippen LogP contribution is -2.56. The van der Waals surface area contributed by atoms with Gasteiger partial charge in [0.05, 0.1) is 0 Å². The Labute approximate surface area is 212 Å². The number of allylic oxidation sites excluding steroid dienone is 8. The van der Waals surface area contributed by atoms with Gasteiger partial charge in [-0.05, 0) is 92.1 Å². The van der Waals surface area contributed by atoms with Gasteiger partial charge in [0.25, 0.3) is 11.8 Å². The second-order valence-electron chi connectivity index (χ2n) is 9.46. The van der Waals surface area contributed by atoms with Crippen LogP contribution in [0, 0.1) is 5.92 Å². The molecule has 0 spiro atoms. The summed E-state index contributed by atoms with van der Waals surface area (Å²) < 4.78 is 0. The average Bonchev–Trinajstić information content (AvgIpc) is 2.86. The number of carbonyl (C=O) groups is 2. The van der Waals surface area contributed by atoms with Gasteiger partial charge in [0.15, 0.2) is 5.11 Å². The van der Waals surface area contributed by atoms with Crippen LogP contribution < -0.4 is 4.90 Å². The lowest BCUT2D eigenvalue weighted by Gasteiger charge is -2.37. The van der Waals surface area contributed by atoms with Gasteiger partial charge in [-0.2, -0.15) is 0 Å². The molecule has 0 N–H and O–H groups in total. The molecule has 5 nitrogen and oxygen atoms in total. The maximum atomic E-state index is 13.2. The van der Waals surface area contributed by atoms with Gasteiger partial charge >= 0.3 is 0 Å². The number of rotatable bonds is 3. The van der Waals surface area contributed by atoms with Crippen LogP contribution in [-0.4, -0.2) is 46.9 Å². The number of thiocarbonyl (C=S) groups is 1. The number of hydrogen-bond acceptors (Lipinski definition) is 4. The van der Waals surface area contributed by atoms with Gasteiger partial charge < -0.3 is 4.90 Å². The topological polar surface area (TPSA) is 43.9 Å². The molecular formula is C29H31N3O2S. The van der Waals surface area contributed by atoms with E-state index < -0.39 is 0 Å². The Balaban J connectivity index is 1.53. The third-order valence-corrected chi connectivity index (χ3v) is 7.90. The number of benzene rings is 1. The maximum absolute atomic E-state index is 13.2. The lowest BCUT2D eigenvalue weighted by atomic mass is 9.76. The van der Waals surface area contributed by atoms with E-state index in [1.807, 2.05) is 13.8 Å². The number of fused-ring (bicyclic) bond motifs is 2. The van der Waals surface area contributed by atoms with Crippen molar-refractivity contribution in [2.24, 2.45) is 5.92 Å². The molecule has 1 aromatic rings. The molecule has 2 aliphatic carbocycles. The van der Waals surface area contributed by atoms with Gasteiger partial charge in [0.2, 0.25) is 0 Å². The lowest BCUT2D eigenvalue weighted by molar-refractivity contribution is -0.133. The standard InChI is InChI=1S/C29H31N3O2S/c1-4-31-27(33)26(28(34)32(5-2)29(31)35)22-13-12-20-11-10-19(17-23(20)18-22)16-21-14-15-30(3)25-9-7-6-8-24(21)25/h6-9,14-18,20H,4-5,10-13H2,1-3H3/b21-16+. The van der Waals surface area contributed by atoms with Crippen LogP contribution in [0.4, 0.5) is 5.69 Å². The van der Waals surface area contributed by atoms with Crippen molar-refractivity contribution in [3.63, 3.8) is 0 Å². The summed E-state index contributed by atoms with van der Waals surface area (Å²) in [7, 11) is 2.07. The Morgan fingerprint density at radius 3 is 2.40 bits per heavy atom. The Bertz CT molecular complexity index is 1240. The van der Waals surface area contributed by atoms with E-state index in [4.69, 9.17) is 12.2 Å². The number of amides is 2. The van der Waals surface area contributed by atoms with Crippen molar-refractivity contribution in [1.82, 2.24) is 9.80 Å². The molecule has 1 saturated heterocycles. The molecule has 0 bridgehead atoms. The molecular weight excluding hydrogens is 454 g/mol. The van der Waals surface area contributed by atoms with E-state index >= 15 is 0 Å². The molecule has 2 aliphatic heterocycles. The zero-order chi connectivity index (χ0) is 24.7. The quantitative estimate of drug-likeness (QED) is 0.327. The van der Waals surface area contributed by atoms with E-state index in [0.29, 0.717) is 29.7 Å². The number of likely N-dealkylation sites (N-methyl/N-ethyl adjacent to an activating group) is 2. The normalized spacial score (nSPS) is 23.5. The van der Waals surface area contributed by atoms with Crippen molar-refractivity contribution in [1.29, 1.82) is 0 Å². The smallest absolute Gasteiger partial charge is 0.265 e. The Kier molecular flexibility index (Phi) is 6.32. The molecule has 35 heavy (non-hydrogen) atoms. The van der Waals surface area contributed by atoms with Crippen LogP contribution in [0.2, 0.25) is 0 Å². The first kappa shape index (κ1) is 23.5. The van der Waals surface area contributed by atoms with Crippen LogP contribution >= 0.6 is 12.2 Å². The van der Waals surface area contributed by atoms with Crippen molar-refractivity contribution < 1.29 is 9.59 Å². The van der Waals surface area contributed by atoms with E-state index in [2.05, 4.69) is 66.7 Å². The number of hydrogen-bond donors (Lipinski definition) is 0. The third-order valence-electron chi connectivity index (χ3n) is 7.46. The minimum Gasteiger partial charge on any atom is -0.351 e. The number of carbonyl (C=O) groups excluding carboxylic acids is 2. The summed E-state index contributed by atoms with van der Waals surface area (Å²) in [4.78, 5) is 31.7. The molecule has 0 radical (unpaired) electrons. The number of nitrogens with zero attached hydrogens (tertiary/aromatic N) is 3. The van der Waals surface area contributed by atoms with Crippen LogP contribution in [0.25, 0.3) is 5.57 Å². The van der Waals surface area contributed by atoms with Crippen LogP contribution in [0.1, 0.15) is 45.1 Å². The highest BCUT2D eigenvalue weighted by Crippen LogP contribution is 2.41. The van der Waals surface area contributed by atoms with Crippen LogP contribution in [0.15, 0.2) is 77.1 Å². The average molecular weight is 486 g/mol. The fourth-order valence-electron chi connectivity index (χ4n) is 5.52. The van der Waals surface area contributed by atoms with Crippen LogP contribution in [0.5, 0.6) is 0 Å². The summed E-state index contributed by atoms with van der Waals surface area (Å²) in [6.07, 6.45) is 14.8. The monoisotopic (exact) mass is 485 g/mol. The molecule has 1 unspecified atom stereocenters. The molecule has 0 saturated carbocycles. The summed E-state index contributed by atoms with van der Waals surface area (Å²) >= 11 is 5.42. The minimum atomic E-state index is -0.257. The Morgan fingerprint density at radius 2 is 1.69 bits per heavy atom. The SMILES string of the molecule is CCN1C(=O)C(=C2C=C3C=C(/C=C4\C=CN(C)c5ccccc54)CCC3CC2)C(=O)N(CC)C1=S. The summed E-state index contributed by atoms with van der Waals surface area (Å²) in [5.74, 6) is -0.0401. The minimum absolute atomic E-state index is 0.257. The van der Waals surface area contributed by atoms with Crippen molar-refractivity contribution >= 4 is 40.4 Å². The number of para-hydroxylation sites is 1. The van der Waals surface area contributed by atoms with E-state index in [1.54, 1.807) is 9.80 Å². The fourth-order valence-corrected chi connectivity index (χ4v) is 5.95. The van der Waals surface area contributed by atoms with Gasteiger partial charge in [-0.25, -0.2) is 0 Å². The Hall–Kier alpha value is -3.25. The Morgan fingerprint density at radius 1 is 1.00 bits per heavy atom. The summed E-state index contributed by atoms with van der Waals surface area (Å²) in [5.41, 5.74) is 7.29. The summed E-state index contributed by atoms with van der Waals surface area (Å²) in [6, 6.07) is 8.46. The third kappa shape index (κ3) is 4.10. The van der Waals surface area contributed by atoms with Gasteiger partial charge in [-0.15, -0.1) is 0 Å². The largest absolute Gasteiger partial charge is 0.351 e. The highest BCUT2D eigenvalue weighted by Gasteiger charge is 2.40. The second-order valence-corrected chi connectivity index (χ2v) is 9.83. The molecule has 6 heteroatoms. The molecule has 5 rings (SSSR count). The molecule has 2 heterocycles. The molecule has 1 fully saturated rings. The van der Waals surface area contributed by atoms with Crippen LogP contribution in [0.3, 0.4) is 0 Å². The molecule has 0 aromatic heterocycles. The van der Waals surface area contributed by atoms with E-state index in [1.165, 1.54) is 28.0 Å². The molecule has 2 amide bonds. The highest BCUT2D eigenvalue weighted by molar-refractivity contribution is 7.80. The second kappa shape index (κ2) is 9.42. The van der Waals surface area contributed by atoms with Crippen LogP contribution in [-0.2, 0) is 9.59 Å². The van der Waals surface area contributed by atoms with Gasteiger partial charge in [0.1, 0.15) is 5.57 Å². The first-order valence-electron chi connectivity index (χ1n) is 12.5. The zero-order valence-corrected chi connectivity index (χ0v) is 21.4. The first-order chi connectivity index (χ1) is 16.9. The fraction of sp³-hybridized carbons (Fsp3) is 0.345. The van der Waals surface area contributed by atoms with E-state index in [-0.39, 0.29) is 11.8 Å². The molecule has 1 atom stereocenters. The van der Waals surface area contributed by atoms with Gasteiger partial charge in [-0.1, -0.05) is 36.4 Å². The van der Waals surface area contributed by atoms with E-state index in [9.17, 15) is 9.59 Å². The highest BCUT2D eigenvalue weighted by atomic mass is 32.1. The first-order valence-corrected chi connectivity index (χ1v) is 12.9. The van der Waals surface area contributed by atoms with Crippen molar-refractivity contribution in [3.05, 3.63) is 82.6 Å². The van der Waals surface area contributed by atoms with Crippen molar-refractivity contribution in [2.45, 2.75) is 39.5 Å². The predicted molar refractivity (Wildman–Crippen MR) is 144 cm³/mol. The predicted octanol–water partition coefficient (Wildman–Crippen LogP) is 5.38. The molecule has 4 aliphatic rings. The molecule has 180 valence electrons. The van der Waals surface area contributed by atoms with E-state index in [0.717, 1.165) is 31.3 Å².